The van der Waals surface area contributed by atoms with Gasteiger partial charge in [-0.05, 0) is 120 Å². The molecule has 0 heterocycles. The lowest BCUT2D eigenvalue weighted by molar-refractivity contribution is 0.477. The molecule has 284 valence electrons. The summed E-state index contributed by atoms with van der Waals surface area (Å²) in [5.74, 6) is 56.7. The zero-order chi connectivity index (χ0) is 43.0. The van der Waals surface area contributed by atoms with Crippen LogP contribution in [0.2, 0.25) is 0 Å². The minimum absolute atomic E-state index is 0.0100. The first-order chi connectivity index (χ1) is 29.8. The van der Waals surface area contributed by atoms with Crippen molar-refractivity contribution in [2.24, 2.45) is 10.2 Å². The van der Waals surface area contributed by atoms with Crippen LogP contribution in [0.25, 0.3) is 10.8 Å². The average molecular weight is 777 g/mol. The molecule has 3 heteroatoms. The van der Waals surface area contributed by atoms with Crippen LogP contribution in [0.5, 0.6) is 5.75 Å². The van der Waals surface area contributed by atoms with Gasteiger partial charge in [0.1, 0.15) is 17.1 Å². The summed E-state index contributed by atoms with van der Waals surface area (Å²) in [6.07, 6.45) is 0. The van der Waals surface area contributed by atoms with E-state index in [4.69, 9.17) is 5.11 Å². The Hall–Kier alpha value is -8.98. The number of hydrogen-bond donors (Lipinski definition) is 1. The first-order valence-electron chi connectivity index (χ1n) is 19.2. The fourth-order valence-corrected chi connectivity index (χ4v) is 6.28. The van der Waals surface area contributed by atoms with E-state index in [1.807, 2.05) is 97.1 Å². The summed E-state index contributed by atoms with van der Waals surface area (Å²) in [4.78, 5) is 0. The highest BCUT2D eigenvalue weighted by atomic mass is 16.3. The molecule has 0 saturated heterocycles. The fraction of sp³-hybridized carbons (Fsp3) is 0.103. The third-order valence-corrected chi connectivity index (χ3v) is 8.69. The quantitative estimate of drug-likeness (QED) is 0.138. The highest BCUT2D eigenvalue weighted by molar-refractivity contribution is 5.95. The molecule has 0 aromatic heterocycles. The van der Waals surface area contributed by atoms with Crippen molar-refractivity contribution in [2.75, 3.05) is 0 Å². The van der Waals surface area contributed by atoms with Crippen molar-refractivity contribution in [3.05, 3.63) is 170 Å². The summed E-state index contributed by atoms with van der Waals surface area (Å²) >= 11 is 0. The Morgan fingerprint density at radius 2 is 0.639 bits per heavy atom. The van der Waals surface area contributed by atoms with Crippen LogP contribution >= 0.6 is 0 Å². The van der Waals surface area contributed by atoms with Gasteiger partial charge in [0.05, 0.1) is 11.1 Å². The van der Waals surface area contributed by atoms with Crippen molar-refractivity contribution in [3.8, 4) is 112 Å². The molecule has 0 bridgehead atoms. The highest BCUT2D eigenvalue weighted by Crippen LogP contribution is 2.37. The van der Waals surface area contributed by atoms with Gasteiger partial charge < -0.3 is 5.11 Å². The maximum Gasteiger partial charge on any atom is 0.143 e. The summed E-state index contributed by atoms with van der Waals surface area (Å²) < 4.78 is 0. The van der Waals surface area contributed by atoms with Gasteiger partial charge in [-0.2, -0.15) is 0 Å². The summed E-state index contributed by atoms with van der Waals surface area (Å²) in [5, 5.41) is 22.2. The summed E-state index contributed by atoms with van der Waals surface area (Å²) in [6.45, 7) is 10.8. The molecule has 61 heavy (non-hydrogen) atoms. The van der Waals surface area contributed by atoms with E-state index < -0.39 is 0 Å². The Balaban J connectivity index is 1.65. The van der Waals surface area contributed by atoms with Crippen LogP contribution in [0, 0.1) is 107 Å². The Morgan fingerprint density at radius 3 is 1.02 bits per heavy atom. The van der Waals surface area contributed by atoms with Crippen LogP contribution in [0.3, 0.4) is 0 Å². The molecule has 0 amide bonds. The average Bonchev–Trinajstić information content (AvgIpc) is 3.25. The van der Waals surface area contributed by atoms with E-state index in [-0.39, 0.29) is 5.75 Å². The SMILES string of the molecule is CC#Cc1cc(C#CC)cc(C#Cc2cc(C#Cc3cc(C#CC)cc(C#CC)c3)c(N=Nc3c(O)ccc4ccccc34)c(C#Cc3cc(C#CC)cc(C#CC)c3)c2)c1. The van der Waals surface area contributed by atoms with Crippen LogP contribution in [-0.4, -0.2) is 5.11 Å². The van der Waals surface area contributed by atoms with Crippen LogP contribution < -0.4 is 0 Å². The van der Waals surface area contributed by atoms with Crippen molar-refractivity contribution in [3.63, 3.8) is 0 Å². The zero-order valence-electron chi connectivity index (χ0n) is 34.7. The second-order valence-corrected chi connectivity index (χ2v) is 13.2. The molecule has 6 aromatic carbocycles. The Bertz CT molecular complexity index is 3140. The number of rotatable bonds is 2. The number of phenolic OH excluding ortho intramolecular Hbond substituents is 1. The van der Waals surface area contributed by atoms with Crippen molar-refractivity contribution in [2.45, 2.75) is 41.5 Å². The highest BCUT2D eigenvalue weighted by Gasteiger charge is 2.12. The number of fused-ring (bicyclic) bond motifs is 1. The molecule has 0 fully saturated rings. The topological polar surface area (TPSA) is 45.0 Å². The molecule has 6 rings (SSSR count). The largest absolute Gasteiger partial charge is 0.506 e. The first-order valence-corrected chi connectivity index (χ1v) is 19.2. The Labute approximate surface area is 359 Å². The summed E-state index contributed by atoms with van der Waals surface area (Å²) in [5.41, 5.74) is 9.42. The standard InChI is InChI=1S/C58H36N2O/c1-7-15-42-31-43(16-8-2)35-48(34-42)23-24-51-40-53(27-25-49-36-44(17-9-3)32-45(37-49)18-10-4)57(59-60-58-55-22-14-13-21-52(55)29-30-56(58)61)54(41-51)28-26-50-38-46(19-11-5)33-47(39-50)20-12-6/h13-14,21-22,29-41,61H,1-6H3. The van der Waals surface area contributed by atoms with Gasteiger partial charge in [0, 0.05) is 61.0 Å². The normalized spacial score (nSPS) is 9.28. The van der Waals surface area contributed by atoms with E-state index in [9.17, 15) is 5.11 Å². The van der Waals surface area contributed by atoms with E-state index in [2.05, 4.69) is 112 Å². The molecule has 0 aliphatic rings. The predicted molar refractivity (Wildman–Crippen MR) is 249 cm³/mol. The summed E-state index contributed by atoms with van der Waals surface area (Å²) in [6, 6.07) is 32.3. The van der Waals surface area contributed by atoms with Gasteiger partial charge in [-0.3, -0.25) is 0 Å². The van der Waals surface area contributed by atoms with Gasteiger partial charge in [-0.25, -0.2) is 0 Å². The molecule has 0 spiro atoms. The van der Waals surface area contributed by atoms with E-state index in [1.165, 1.54) is 0 Å². The number of hydrogen-bond acceptors (Lipinski definition) is 3. The zero-order valence-corrected chi connectivity index (χ0v) is 34.7. The molecule has 1 N–H and O–H groups in total. The molecule has 0 aliphatic carbocycles. The van der Waals surface area contributed by atoms with Gasteiger partial charge in [-0.15, -0.1) is 45.8 Å². The van der Waals surface area contributed by atoms with Crippen LogP contribution in [0.15, 0.2) is 113 Å². The second-order valence-electron chi connectivity index (χ2n) is 13.2. The number of benzene rings is 6. The van der Waals surface area contributed by atoms with Crippen LogP contribution in [0.4, 0.5) is 11.4 Å². The maximum absolute atomic E-state index is 11.0. The molecular weight excluding hydrogens is 741 g/mol. The maximum atomic E-state index is 11.0. The van der Waals surface area contributed by atoms with Crippen LogP contribution in [-0.2, 0) is 0 Å². The number of phenols is 1. The van der Waals surface area contributed by atoms with Gasteiger partial charge in [0.2, 0.25) is 0 Å². The smallest absolute Gasteiger partial charge is 0.143 e. The Kier molecular flexibility index (Phi) is 14.0. The lowest BCUT2D eigenvalue weighted by atomic mass is 10.0. The van der Waals surface area contributed by atoms with Gasteiger partial charge in [-0.1, -0.05) is 101 Å². The van der Waals surface area contributed by atoms with Crippen molar-refractivity contribution in [1.29, 1.82) is 0 Å². The minimum atomic E-state index is -0.0100. The van der Waals surface area contributed by atoms with E-state index in [0.29, 0.717) is 39.2 Å². The van der Waals surface area contributed by atoms with Gasteiger partial charge >= 0.3 is 0 Å². The Morgan fingerprint density at radius 1 is 0.328 bits per heavy atom. The molecule has 0 saturated carbocycles. The molecule has 0 aliphatic heterocycles. The van der Waals surface area contributed by atoms with Crippen molar-refractivity contribution >= 4 is 22.1 Å². The molecule has 0 atom stereocenters. The minimum Gasteiger partial charge on any atom is -0.506 e. The third kappa shape index (κ3) is 11.1. The van der Waals surface area contributed by atoms with E-state index >= 15 is 0 Å². The molecular formula is C58H36N2O. The molecule has 0 radical (unpaired) electrons. The molecule has 3 nitrogen and oxygen atoms in total. The number of aromatic hydroxyl groups is 1. The number of azo groups is 1. The van der Waals surface area contributed by atoms with Crippen molar-refractivity contribution < 1.29 is 5.11 Å². The second kappa shape index (κ2) is 20.4. The van der Waals surface area contributed by atoms with Crippen LogP contribution in [0.1, 0.15) is 108 Å². The molecule has 0 unspecified atom stereocenters. The predicted octanol–water partition coefficient (Wildman–Crippen LogP) is 11.4. The van der Waals surface area contributed by atoms with Gasteiger partial charge in [0.15, 0.2) is 0 Å². The number of nitrogens with zero attached hydrogens (tertiary/aromatic N) is 2. The lowest BCUT2D eigenvalue weighted by Crippen LogP contribution is -1.90. The fourth-order valence-electron chi connectivity index (χ4n) is 6.28. The third-order valence-electron chi connectivity index (χ3n) is 8.69. The first kappa shape index (κ1) is 41.6. The van der Waals surface area contributed by atoms with Crippen molar-refractivity contribution in [1.82, 2.24) is 0 Å². The van der Waals surface area contributed by atoms with E-state index in [0.717, 1.165) is 49.7 Å². The molecule has 6 aromatic rings. The monoisotopic (exact) mass is 776 g/mol. The lowest BCUT2D eigenvalue weighted by Gasteiger charge is -2.07. The summed E-state index contributed by atoms with van der Waals surface area (Å²) in [7, 11) is 0. The van der Waals surface area contributed by atoms with E-state index in [1.54, 1.807) is 47.6 Å². The van der Waals surface area contributed by atoms with Gasteiger partial charge in [0.25, 0.3) is 0 Å².